The van der Waals surface area contributed by atoms with Crippen LogP contribution in [0, 0.1) is 11.8 Å². The molecule has 5 rings (SSSR count). The van der Waals surface area contributed by atoms with Crippen molar-refractivity contribution < 1.29 is 19.5 Å². The number of nitrogens with zero attached hydrogens (tertiary/aromatic N) is 3. The summed E-state index contributed by atoms with van der Waals surface area (Å²) in [5, 5.41) is 10.1. The van der Waals surface area contributed by atoms with Gasteiger partial charge < -0.3 is 19.8 Å². The number of benzene rings is 1. The third-order valence-electron chi connectivity index (χ3n) is 8.17. The van der Waals surface area contributed by atoms with Crippen LogP contribution in [0.3, 0.4) is 0 Å². The van der Waals surface area contributed by atoms with E-state index in [0.29, 0.717) is 19.6 Å². The molecule has 1 unspecified atom stereocenters. The summed E-state index contributed by atoms with van der Waals surface area (Å²) in [6.45, 7) is 7.20. The number of rotatable bonds is 6. The number of aliphatic hydroxyl groups excluding tert-OH is 1. The van der Waals surface area contributed by atoms with Crippen LogP contribution in [-0.4, -0.2) is 80.4 Å². The highest BCUT2D eigenvalue weighted by atomic mass is 32.2. The second kappa shape index (κ2) is 9.38. The van der Waals surface area contributed by atoms with Gasteiger partial charge in [-0.1, -0.05) is 55.8 Å². The summed E-state index contributed by atoms with van der Waals surface area (Å²) in [4.78, 5) is 47.7. The molecule has 4 heterocycles. The highest BCUT2D eigenvalue weighted by Gasteiger charge is 2.74. The van der Waals surface area contributed by atoms with Crippen LogP contribution in [0.15, 0.2) is 54.6 Å². The van der Waals surface area contributed by atoms with Gasteiger partial charge in [0.2, 0.25) is 17.7 Å². The summed E-state index contributed by atoms with van der Waals surface area (Å²) < 4.78 is -1.52. The molecule has 1 N–H and O–H groups in total. The highest BCUT2D eigenvalue weighted by molar-refractivity contribution is 8.02. The number of para-hydroxylation sites is 1. The summed E-state index contributed by atoms with van der Waals surface area (Å²) in [7, 11) is 0. The summed E-state index contributed by atoms with van der Waals surface area (Å²) in [5.74, 6) is -1.73. The molecular formula is C28H35N3O4S. The van der Waals surface area contributed by atoms with Crippen molar-refractivity contribution >= 4 is 35.2 Å². The number of amides is 3. The maximum absolute atomic E-state index is 14.2. The molecule has 1 aromatic carbocycles. The van der Waals surface area contributed by atoms with Gasteiger partial charge in [-0.2, -0.15) is 0 Å². The van der Waals surface area contributed by atoms with Crippen molar-refractivity contribution in [3.8, 4) is 0 Å². The van der Waals surface area contributed by atoms with Gasteiger partial charge in [0, 0.05) is 30.1 Å². The Morgan fingerprint density at radius 3 is 2.44 bits per heavy atom. The van der Waals surface area contributed by atoms with Gasteiger partial charge in [0.05, 0.1) is 29.2 Å². The van der Waals surface area contributed by atoms with Crippen molar-refractivity contribution in [1.29, 1.82) is 0 Å². The van der Waals surface area contributed by atoms with Gasteiger partial charge >= 0.3 is 0 Å². The number of carbonyl (C=O) groups is 3. The summed E-state index contributed by atoms with van der Waals surface area (Å²) >= 11 is 1.58. The number of fused-ring (bicyclic) bond motifs is 2. The zero-order chi connectivity index (χ0) is 25.7. The fourth-order valence-corrected chi connectivity index (χ4v) is 8.60. The van der Waals surface area contributed by atoms with E-state index in [-0.39, 0.29) is 24.3 Å². The molecule has 2 saturated heterocycles. The third kappa shape index (κ3) is 3.64. The predicted octanol–water partition coefficient (Wildman–Crippen LogP) is 2.86. The largest absolute Gasteiger partial charge is 0.394 e. The van der Waals surface area contributed by atoms with Crippen LogP contribution in [-0.2, 0) is 14.4 Å². The van der Waals surface area contributed by atoms with E-state index in [1.165, 1.54) is 0 Å². The van der Waals surface area contributed by atoms with Gasteiger partial charge in [0.1, 0.15) is 6.04 Å². The number of aliphatic hydroxyl groups is 1. The van der Waals surface area contributed by atoms with Gasteiger partial charge in [-0.05, 0) is 32.4 Å². The first-order valence-electron chi connectivity index (χ1n) is 12.9. The van der Waals surface area contributed by atoms with Crippen molar-refractivity contribution in [3.05, 3.63) is 54.6 Å². The summed E-state index contributed by atoms with van der Waals surface area (Å²) in [6.07, 6.45) is 9.97. The fourth-order valence-electron chi connectivity index (χ4n) is 6.46. The Labute approximate surface area is 217 Å². The monoisotopic (exact) mass is 509 g/mol. The Kier molecular flexibility index (Phi) is 6.53. The number of hydrogen-bond acceptors (Lipinski definition) is 5. The molecule has 36 heavy (non-hydrogen) atoms. The minimum absolute atomic E-state index is 0.0893. The second-order valence-electron chi connectivity index (χ2n) is 10.5. The van der Waals surface area contributed by atoms with Crippen LogP contribution < -0.4 is 4.90 Å². The number of likely N-dealkylation sites (tertiary alicyclic amines) is 1. The van der Waals surface area contributed by atoms with E-state index in [9.17, 15) is 19.5 Å². The zero-order valence-corrected chi connectivity index (χ0v) is 22.0. The molecule has 6 atom stereocenters. The van der Waals surface area contributed by atoms with E-state index in [2.05, 4.69) is 13.0 Å². The van der Waals surface area contributed by atoms with Crippen LogP contribution in [0.1, 0.15) is 33.6 Å². The van der Waals surface area contributed by atoms with Gasteiger partial charge in [-0.15, -0.1) is 11.8 Å². The highest BCUT2D eigenvalue weighted by Crippen LogP contribution is 2.65. The smallest absolute Gasteiger partial charge is 0.247 e. The minimum atomic E-state index is -0.877. The molecule has 0 aliphatic carbocycles. The lowest BCUT2D eigenvalue weighted by molar-refractivity contribution is -0.145. The molecule has 0 bridgehead atoms. The second-order valence-corrected chi connectivity index (χ2v) is 12.3. The minimum Gasteiger partial charge on any atom is -0.394 e. The van der Waals surface area contributed by atoms with Crippen molar-refractivity contribution in [2.45, 2.75) is 55.2 Å². The van der Waals surface area contributed by atoms with Crippen molar-refractivity contribution in [3.63, 3.8) is 0 Å². The number of thioether (sulfide) groups is 1. The molecule has 8 heteroatoms. The van der Waals surface area contributed by atoms with Gasteiger partial charge in [0.25, 0.3) is 0 Å². The molecular weight excluding hydrogens is 474 g/mol. The first-order valence-corrected chi connectivity index (χ1v) is 13.7. The number of hydrogen-bond donors (Lipinski definition) is 1. The maximum Gasteiger partial charge on any atom is 0.247 e. The van der Waals surface area contributed by atoms with E-state index in [4.69, 9.17) is 0 Å². The Morgan fingerprint density at radius 2 is 1.75 bits per heavy atom. The van der Waals surface area contributed by atoms with E-state index >= 15 is 0 Å². The SMILES string of the molecule is CCCCN1CC=C[C@]23S[C@@]4(C)C=CCN(c5ccccc5)C(=O)[C@H]4[C@H]2C(=O)N([C@H](C)CO)C3C1=O. The summed E-state index contributed by atoms with van der Waals surface area (Å²) in [5.41, 5.74) is 0.795. The van der Waals surface area contributed by atoms with Crippen LogP contribution in [0.5, 0.6) is 0 Å². The first kappa shape index (κ1) is 25.1. The average Bonchev–Trinajstić information content (AvgIpc) is 3.15. The molecule has 0 saturated carbocycles. The molecule has 4 aliphatic rings. The van der Waals surface area contributed by atoms with Crippen LogP contribution >= 0.6 is 11.8 Å². The standard InChI is InChI=1S/C28H35N3O4S/c1-4-5-15-29-16-10-14-28-22(25(34)31(19(2)18-32)23(28)26(29)35)21-24(33)30(20-11-7-6-8-12-20)17-9-13-27(21,3)36-28/h6-14,19,21-23,32H,4-5,15-18H2,1-3H3/t19-,21-,22+,23?,27+,28+/m1/s1. The Hall–Kier alpha value is -2.58. The third-order valence-corrected chi connectivity index (χ3v) is 9.96. The number of unbranched alkanes of at least 4 members (excludes halogenated alkanes) is 1. The average molecular weight is 510 g/mol. The van der Waals surface area contributed by atoms with E-state index in [0.717, 1.165) is 18.5 Å². The molecule has 2 fully saturated rings. The zero-order valence-electron chi connectivity index (χ0n) is 21.2. The topological polar surface area (TPSA) is 81.2 Å². The Balaban J connectivity index is 1.63. The normalized spacial score (nSPS) is 34.4. The molecule has 1 aromatic rings. The predicted molar refractivity (Wildman–Crippen MR) is 141 cm³/mol. The molecule has 0 aromatic heterocycles. The van der Waals surface area contributed by atoms with E-state index in [1.807, 2.05) is 60.4 Å². The number of carbonyl (C=O) groups excluding carboxylic acids is 3. The quantitative estimate of drug-likeness (QED) is 0.597. The Morgan fingerprint density at radius 1 is 1.03 bits per heavy atom. The molecule has 3 amide bonds. The van der Waals surface area contributed by atoms with Crippen molar-refractivity contribution in [2.75, 3.05) is 31.1 Å². The lowest BCUT2D eigenvalue weighted by atomic mass is 9.74. The van der Waals surface area contributed by atoms with E-state index < -0.39 is 33.4 Å². The van der Waals surface area contributed by atoms with Crippen molar-refractivity contribution in [1.82, 2.24) is 9.80 Å². The molecule has 7 nitrogen and oxygen atoms in total. The maximum atomic E-state index is 14.2. The van der Waals surface area contributed by atoms with Crippen LogP contribution in [0.2, 0.25) is 0 Å². The lowest BCUT2D eigenvalue weighted by Gasteiger charge is -2.38. The van der Waals surface area contributed by atoms with E-state index in [1.54, 1.807) is 28.5 Å². The summed E-state index contributed by atoms with van der Waals surface area (Å²) in [6, 6.07) is 8.26. The van der Waals surface area contributed by atoms with Crippen molar-refractivity contribution in [2.24, 2.45) is 11.8 Å². The molecule has 1 spiro atoms. The first-order chi connectivity index (χ1) is 17.3. The van der Waals surface area contributed by atoms with Crippen LogP contribution in [0.25, 0.3) is 0 Å². The molecule has 4 aliphatic heterocycles. The van der Waals surface area contributed by atoms with Gasteiger partial charge in [-0.25, -0.2) is 0 Å². The van der Waals surface area contributed by atoms with Crippen LogP contribution in [0.4, 0.5) is 5.69 Å². The Bertz CT molecular complexity index is 1110. The van der Waals surface area contributed by atoms with Gasteiger partial charge in [-0.3, -0.25) is 14.4 Å². The molecule has 192 valence electrons. The lowest BCUT2D eigenvalue weighted by Crippen LogP contribution is -2.56. The number of anilines is 1. The molecule has 0 radical (unpaired) electrons. The van der Waals surface area contributed by atoms with Gasteiger partial charge in [0.15, 0.2) is 0 Å². The fraction of sp³-hybridized carbons (Fsp3) is 0.536.